The number of fused-ring (bicyclic) bond motifs is 1. The normalized spacial score (nSPS) is 17.8. The van der Waals surface area contributed by atoms with Gasteiger partial charge in [-0.25, -0.2) is 4.98 Å². The second kappa shape index (κ2) is 6.86. The highest BCUT2D eigenvalue weighted by Gasteiger charge is 2.29. The second-order valence-electron chi connectivity index (χ2n) is 5.63. The van der Waals surface area contributed by atoms with Crippen LogP contribution in [0.3, 0.4) is 0 Å². The van der Waals surface area contributed by atoms with Crippen LogP contribution in [0.1, 0.15) is 34.9 Å². The predicted octanol–water partition coefficient (Wildman–Crippen LogP) is 2.77. The van der Waals surface area contributed by atoms with Crippen LogP contribution in [0.25, 0.3) is 0 Å². The van der Waals surface area contributed by atoms with Crippen LogP contribution in [0.5, 0.6) is 11.5 Å². The Bertz CT molecular complexity index is 686. The fourth-order valence-electron chi connectivity index (χ4n) is 3.08. The molecule has 0 amide bonds. The summed E-state index contributed by atoms with van der Waals surface area (Å²) < 4.78 is 10.9. The van der Waals surface area contributed by atoms with Crippen LogP contribution in [0.15, 0.2) is 17.5 Å². The summed E-state index contributed by atoms with van der Waals surface area (Å²) in [6.07, 6.45) is 0.370. The second-order valence-corrected chi connectivity index (χ2v) is 6.58. The van der Waals surface area contributed by atoms with Crippen LogP contribution in [-0.4, -0.2) is 35.8 Å². The van der Waals surface area contributed by atoms with Gasteiger partial charge in [-0.1, -0.05) is 6.92 Å². The van der Waals surface area contributed by atoms with Crippen molar-refractivity contribution in [1.29, 1.82) is 0 Å². The maximum Gasteiger partial charge on any atom is 0.125 e. The number of hydrogen-bond donors (Lipinski definition) is 1. The molecule has 23 heavy (non-hydrogen) atoms. The molecule has 1 atom stereocenters. The average molecular weight is 334 g/mol. The molecule has 2 heterocycles. The minimum absolute atomic E-state index is 0.565. The summed E-state index contributed by atoms with van der Waals surface area (Å²) in [5, 5.41) is 13.8. The van der Waals surface area contributed by atoms with Gasteiger partial charge in [-0.3, -0.25) is 4.90 Å². The Morgan fingerprint density at radius 3 is 2.70 bits per heavy atom. The molecule has 2 aromatic rings. The highest BCUT2D eigenvalue weighted by atomic mass is 32.1. The van der Waals surface area contributed by atoms with Gasteiger partial charge in [-0.2, -0.15) is 0 Å². The molecule has 1 aromatic carbocycles. The number of β-amino-alcohol motifs (C(OH)–C–C–N with tert-alkyl or cyclic N) is 1. The first-order valence-corrected chi connectivity index (χ1v) is 8.61. The van der Waals surface area contributed by atoms with Crippen molar-refractivity contribution >= 4 is 11.3 Å². The highest BCUT2D eigenvalue weighted by molar-refractivity contribution is 7.09. The predicted molar refractivity (Wildman–Crippen MR) is 90.1 cm³/mol. The Kier molecular flexibility index (Phi) is 4.84. The molecule has 6 heteroatoms. The van der Waals surface area contributed by atoms with E-state index in [9.17, 15) is 5.11 Å². The van der Waals surface area contributed by atoms with Gasteiger partial charge in [0.1, 0.15) is 11.5 Å². The Balaban J connectivity index is 1.87. The minimum atomic E-state index is -0.590. The molecule has 0 fully saturated rings. The van der Waals surface area contributed by atoms with E-state index < -0.39 is 6.10 Å². The van der Waals surface area contributed by atoms with Crippen molar-refractivity contribution in [3.63, 3.8) is 0 Å². The maximum absolute atomic E-state index is 10.6. The first kappa shape index (κ1) is 16.2. The fraction of sp³-hybridized carbons (Fsp3) is 0.471. The lowest BCUT2D eigenvalue weighted by molar-refractivity contribution is 0.0837. The topological polar surface area (TPSA) is 54.8 Å². The van der Waals surface area contributed by atoms with Crippen LogP contribution in [0.4, 0.5) is 0 Å². The van der Waals surface area contributed by atoms with Crippen molar-refractivity contribution in [2.24, 2.45) is 0 Å². The van der Waals surface area contributed by atoms with Gasteiger partial charge in [0.05, 0.1) is 31.0 Å². The number of aryl methyl sites for hydroxylation is 1. The zero-order chi connectivity index (χ0) is 16.4. The van der Waals surface area contributed by atoms with Gasteiger partial charge >= 0.3 is 0 Å². The van der Waals surface area contributed by atoms with Crippen LogP contribution in [-0.2, 0) is 19.5 Å². The molecule has 1 aliphatic rings. The highest BCUT2D eigenvalue weighted by Crippen LogP contribution is 2.39. The van der Waals surface area contributed by atoms with E-state index in [1.807, 2.05) is 12.1 Å². The molecule has 0 aliphatic carbocycles. The van der Waals surface area contributed by atoms with Crippen molar-refractivity contribution in [2.75, 3.05) is 20.8 Å². The van der Waals surface area contributed by atoms with Crippen LogP contribution >= 0.6 is 11.3 Å². The van der Waals surface area contributed by atoms with Gasteiger partial charge < -0.3 is 14.6 Å². The third-order valence-electron chi connectivity index (χ3n) is 4.15. The summed E-state index contributed by atoms with van der Waals surface area (Å²) in [6.45, 7) is 4.12. The van der Waals surface area contributed by atoms with Crippen molar-refractivity contribution in [1.82, 2.24) is 9.88 Å². The smallest absolute Gasteiger partial charge is 0.125 e. The number of aliphatic hydroxyl groups is 1. The molecule has 0 spiro atoms. The zero-order valence-corrected chi connectivity index (χ0v) is 14.5. The summed E-state index contributed by atoms with van der Waals surface area (Å²) in [7, 11) is 3.28. The van der Waals surface area contributed by atoms with E-state index in [0.717, 1.165) is 46.3 Å². The standard InChI is InChI=1S/C17H22N2O3S/c1-4-16-18-11(10-23-16)7-19-8-12-14(21-2)5-6-15(22-3)17(12)13(20)9-19/h5-6,10,13,20H,4,7-9H2,1-3H3/t13-/m0/s1. The first-order valence-electron chi connectivity index (χ1n) is 7.73. The minimum Gasteiger partial charge on any atom is -0.496 e. The number of benzene rings is 1. The Labute approximate surface area is 140 Å². The monoisotopic (exact) mass is 334 g/mol. The van der Waals surface area contributed by atoms with Gasteiger partial charge in [-0.05, 0) is 18.6 Å². The summed E-state index contributed by atoms with van der Waals surface area (Å²) in [5.74, 6) is 1.51. The van der Waals surface area contributed by atoms with E-state index in [1.165, 1.54) is 0 Å². The third-order valence-corrected chi connectivity index (χ3v) is 5.19. The van der Waals surface area contributed by atoms with E-state index in [2.05, 4.69) is 22.2 Å². The van der Waals surface area contributed by atoms with Crippen LogP contribution in [0.2, 0.25) is 0 Å². The molecule has 124 valence electrons. The molecular formula is C17H22N2O3S. The summed E-state index contributed by atoms with van der Waals surface area (Å²) >= 11 is 1.69. The van der Waals surface area contributed by atoms with Crippen LogP contribution < -0.4 is 9.47 Å². The molecule has 1 aliphatic heterocycles. The first-order chi connectivity index (χ1) is 11.2. The maximum atomic E-state index is 10.6. The van der Waals surface area contributed by atoms with E-state index in [0.29, 0.717) is 13.1 Å². The van der Waals surface area contributed by atoms with Gasteiger partial charge in [0.2, 0.25) is 0 Å². The van der Waals surface area contributed by atoms with E-state index >= 15 is 0 Å². The SMILES string of the molecule is CCc1nc(CN2Cc3c(OC)ccc(OC)c3[C@@H](O)C2)cs1. The Hall–Kier alpha value is -1.63. The largest absolute Gasteiger partial charge is 0.496 e. The van der Waals surface area contributed by atoms with Gasteiger partial charge in [-0.15, -0.1) is 11.3 Å². The average Bonchev–Trinajstić information content (AvgIpc) is 3.01. The summed E-state index contributed by atoms with van der Waals surface area (Å²) in [5.41, 5.74) is 2.90. The van der Waals surface area contributed by atoms with Gasteiger partial charge in [0.15, 0.2) is 0 Å². The van der Waals surface area contributed by atoms with E-state index in [-0.39, 0.29) is 0 Å². The zero-order valence-electron chi connectivity index (χ0n) is 13.7. The molecule has 0 radical (unpaired) electrons. The number of aliphatic hydroxyl groups excluding tert-OH is 1. The summed E-state index contributed by atoms with van der Waals surface area (Å²) in [6, 6.07) is 3.75. The van der Waals surface area contributed by atoms with Gasteiger partial charge in [0, 0.05) is 36.1 Å². The fourth-order valence-corrected chi connectivity index (χ4v) is 3.81. The number of hydrogen-bond acceptors (Lipinski definition) is 6. The molecular weight excluding hydrogens is 312 g/mol. The van der Waals surface area contributed by atoms with Crippen molar-refractivity contribution in [2.45, 2.75) is 32.5 Å². The van der Waals surface area contributed by atoms with Crippen molar-refractivity contribution < 1.29 is 14.6 Å². The van der Waals surface area contributed by atoms with Crippen LogP contribution in [0, 0.1) is 0 Å². The van der Waals surface area contributed by atoms with Gasteiger partial charge in [0.25, 0.3) is 0 Å². The van der Waals surface area contributed by atoms with E-state index in [1.54, 1.807) is 25.6 Å². The Morgan fingerprint density at radius 1 is 1.30 bits per heavy atom. The number of aromatic nitrogens is 1. The lowest BCUT2D eigenvalue weighted by atomic mass is 9.95. The number of methoxy groups -OCH3 is 2. The number of ether oxygens (including phenoxy) is 2. The third kappa shape index (κ3) is 3.20. The lowest BCUT2D eigenvalue weighted by Crippen LogP contribution is -2.33. The molecule has 3 rings (SSSR count). The molecule has 0 bridgehead atoms. The number of rotatable bonds is 5. The van der Waals surface area contributed by atoms with Crippen molar-refractivity contribution in [3.05, 3.63) is 39.3 Å². The van der Waals surface area contributed by atoms with Crippen molar-refractivity contribution in [3.8, 4) is 11.5 Å². The van der Waals surface area contributed by atoms with E-state index in [4.69, 9.17) is 9.47 Å². The Morgan fingerprint density at radius 2 is 2.04 bits per heavy atom. The molecule has 0 unspecified atom stereocenters. The summed E-state index contributed by atoms with van der Waals surface area (Å²) in [4.78, 5) is 6.82. The molecule has 1 N–H and O–H groups in total. The number of nitrogens with zero attached hydrogens (tertiary/aromatic N) is 2. The lowest BCUT2D eigenvalue weighted by Gasteiger charge is -2.33. The number of thiazole rings is 1. The molecule has 1 aromatic heterocycles. The molecule has 0 saturated carbocycles. The quantitative estimate of drug-likeness (QED) is 0.911. The molecule has 0 saturated heterocycles. The molecule has 5 nitrogen and oxygen atoms in total.